The number of aliphatic hydroxyl groups is 1. The standard InChI is InChI=1S/C15H24N2O2/c1-4-16-15(2,3)14(19)17-13(11-18)10-12-8-6-5-7-9-12/h5-9,13,16,18H,4,10-11H2,1-3H3,(H,17,19). The van der Waals surface area contributed by atoms with Gasteiger partial charge in [-0.3, -0.25) is 4.79 Å². The van der Waals surface area contributed by atoms with Crippen molar-refractivity contribution in [3.63, 3.8) is 0 Å². The van der Waals surface area contributed by atoms with E-state index >= 15 is 0 Å². The normalized spacial score (nSPS) is 13.1. The second kappa shape index (κ2) is 7.26. The topological polar surface area (TPSA) is 61.4 Å². The van der Waals surface area contributed by atoms with E-state index in [0.29, 0.717) is 6.42 Å². The maximum absolute atomic E-state index is 12.1. The van der Waals surface area contributed by atoms with Gasteiger partial charge in [0.1, 0.15) is 0 Å². The maximum Gasteiger partial charge on any atom is 0.240 e. The number of rotatable bonds is 7. The van der Waals surface area contributed by atoms with E-state index < -0.39 is 5.54 Å². The van der Waals surface area contributed by atoms with Gasteiger partial charge in [-0.1, -0.05) is 37.3 Å². The quantitative estimate of drug-likeness (QED) is 0.691. The summed E-state index contributed by atoms with van der Waals surface area (Å²) in [7, 11) is 0. The predicted octanol–water partition coefficient (Wildman–Crippen LogP) is 1.09. The van der Waals surface area contributed by atoms with Gasteiger partial charge < -0.3 is 15.7 Å². The van der Waals surface area contributed by atoms with Crippen molar-refractivity contribution in [2.24, 2.45) is 0 Å². The average molecular weight is 264 g/mol. The van der Waals surface area contributed by atoms with Gasteiger partial charge in [0.25, 0.3) is 0 Å². The van der Waals surface area contributed by atoms with Crippen LogP contribution in [0.2, 0.25) is 0 Å². The summed E-state index contributed by atoms with van der Waals surface area (Å²) in [5.41, 5.74) is 0.474. The number of hydrogen-bond donors (Lipinski definition) is 3. The lowest BCUT2D eigenvalue weighted by Gasteiger charge is -2.27. The first kappa shape index (κ1) is 15.7. The third-order valence-electron chi connectivity index (χ3n) is 3.07. The number of likely N-dealkylation sites (N-methyl/N-ethyl adjacent to an activating group) is 1. The largest absolute Gasteiger partial charge is 0.394 e. The van der Waals surface area contributed by atoms with Gasteiger partial charge in [0.15, 0.2) is 0 Å². The summed E-state index contributed by atoms with van der Waals surface area (Å²) in [6.45, 7) is 6.29. The minimum atomic E-state index is -0.626. The molecule has 0 aliphatic rings. The van der Waals surface area contributed by atoms with E-state index in [-0.39, 0.29) is 18.6 Å². The Morgan fingerprint density at radius 1 is 1.32 bits per heavy atom. The van der Waals surface area contributed by atoms with Crippen LogP contribution in [-0.2, 0) is 11.2 Å². The minimum Gasteiger partial charge on any atom is -0.394 e. The Morgan fingerprint density at radius 3 is 2.47 bits per heavy atom. The second-order valence-electron chi connectivity index (χ2n) is 5.20. The number of carbonyl (C=O) groups is 1. The molecule has 0 radical (unpaired) electrons. The Hall–Kier alpha value is -1.39. The average Bonchev–Trinajstić information content (AvgIpc) is 2.39. The fourth-order valence-electron chi connectivity index (χ4n) is 1.95. The first-order chi connectivity index (χ1) is 8.99. The summed E-state index contributed by atoms with van der Waals surface area (Å²) in [5.74, 6) is -0.0932. The first-order valence-corrected chi connectivity index (χ1v) is 6.70. The summed E-state index contributed by atoms with van der Waals surface area (Å²) < 4.78 is 0. The molecule has 0 fully saturated rings. The predicted molar refractivity (Wildman–Crippen MR) is 76.9 cm³/mol. The van der Waals surface area contributed by atoms with Gasteiger partial charge in [0, 0.05) is 0 Å². The Bertz CT molecular complexity index is 390. The number of carbonyl (C=O) groups excluding carboxylic acids is 1. The van der Waals surface area contributed by atoms with Crippen LogP contribution in [0.25, 0.3) is 0 Å². The molecular formula is C15H24N2O2. The number of nitrogens with one attached hydrogen (secondary N) is 2. The van der Waals surface area contributed by atoms with Crippen molar-refractivity contribution in [2.45, 2.75) is 38.8 Å². The van der Waals surface area contributed by atoms with Crippen LogP contribution in [0, 0.1) is 0 Å². The molecule has 1 atom stereocenters. The van der Waals surface area contributed by atoms with E-state index in [0.717, 1.165) is 12.1 Å². The fourth-order valence-corrected chi connectivity index (χ4v) is 1.95. The molecule has 0 saturated heterocycles. The molecule has 4 heteroatoms. The molecular weight excluding hydrogens is 240 g/mol. The van der Waals surface area contributed by atoms with E-state index in [4.69, 9.17) is 0 Å². The van der Waals surface area contributed by atoms with Crippen LogP contribution in [-0.4, -0.2) is 35.7 Å². The van der Waals surface area contributed by atoms with Gasteiger partial charge >= 0.3 is 0 Å². The molecule has 0 aliphatic carbocycles. The molecule has 1 rings (SSSR count). The molecule has 0 spiro atoms. The van der Waals surface area contributed by atoms with Crippen LogP contribution >= 0.6 is 0 Å². The molecule has 19 heavy (non-hydrogen) atoms. The third kappa shape index (κ3) is 5.01. The van der Waals surface area contributed by atoms with Crippen molar-refractivity contribution >= 4 is 5.91 Å². The van der Waals surface area contributed by atoms with E-state index in [1.807, 2.05) is 51.1 Å². The number of hydrogen-bond acceptors (Lipinski definition) is 3. The monoisotopic (exact) mass is 264 g/mol. The molecule has 4 nitrogen and oxygen atoms in total. The molecule has 0 aliphatic heterocycles. The lowest BCUT2D eigenvalue weighted by atomic mass is 10.0. The lowest BCUT2D eigenvalue weighted by molar-refractivity contribution is -0.127. The highest BCUT2D eigenvalue weighted by atomic mass is 16.3. The van der Waals surface area contributed by atoms with E-state index in [9.17, 15) is 9.90 Å². The van der Waals surface area contributed by atoms with Gasteiger partial charge in [0.05, 0.1) is 18.2 Å². The van der Waals surface area contributed by atoms with Gasteiger partial charge in [-0.2, -0.15) is 0 Å². The number of aliphatic hydroxyl groups excluding tert-OH is 1. The van der Waals surface area contributed by atoms with E-state index in [2.05, 4.69) is 10.6 Å². The zero-order valence-electron chi connectivity index (χ0n) is 11.9. The van der Waals surface area contributed by atoms with Gasteiger partial charge in [-0.25, -0.2) is 0 Å². The molecule has 1 unspecified atom stereocenters. The van der Waals surface area contributed by atoms with Crippen molar-refractivity contribution in [3.05, 3.63) is 35.9 Å². The third-order valence-corrected chi connectivity index (χ3v) is 3.07. The van der Waals surface area contributed by atoms with E-state index in [1.165, 1.54) is 0 Å². The maximum atomic E-state index is 12.1. The first-order valence-electron chi connectivity index (χ1n) is 6.70. The lowest BCUT2D eigenvalue weighted by Crippen LogP contribution is -2.55. The summed E-state index contributed by atoms with van der Waals surface area (Å²) in [6.07, 6.45) is 0.630. The van der Waals surface area contributed by atoms with Crippen LogP contribution in [0.1, 0.15) is 26.3 Å². The summed E-state index contributed by atoms with van der Waals surface area (Å²) >= 11 is 0. The Labute approximate surface area is 115 Å². The fraction of sp³-hybridized carbons (Fsp3) is 0.533. The molecule has 1 aromatic carbocycles. The molecule has 0 saturated carbocycles. The van der Waals surface area contributed by atoms with Crippen molar-refractivity contribution in [3.8, 4) is 0 Å². The van der Waals surface area contributed by atoms with Gasteiger partial charge in [-0.05, 0) is 32.4 Å². The summed E-state index contributed by atoms with van der Waals surface area (Å²) in [6, 6.07) is 9.58. The van der Waals surface area contributed by atoms with Crippen molar-refractivity contribution in [1.82, 2.24) is 10.6 Å². The van der Waals surface area contributed by atoms with Crippen LogP contribution in [0.3, 0.4) is 0 Å². The Morgan fingerprint density at radius 2 is 1.95 bits per heavy atom. The molecule has 1 aromatic rings. The Kier molecular flexibility index (Phi) is 5.99. The smallest absolute Gasteiger partial charge is 0.240 e. The highest BCUT2D eigenvalue weighted by molar-refractivity contribution is 5.85. The summed E-state index contributed by atoms with van der Waals surface area (Å²) in [4.78, 5) is 12.1. The van der Waals surface area contributed by atoms with Crippen LogP contribution in [0.5, 0.6) is 0 Å². The molecule has 0 bridgehead atoms. The molecule has 0 heterocycles. The number of amides is 1. The van der Waals surface area contributed by atoms with Crippen molar-refractivity contribution in [1.29, 1.82) is 0 Å². The zero-order chi connectivity index (χ0) is 14.3. The number of benzene rings is 1. The van der Waals surface area contributed by atoms with Gasteiger partial charge in [-0.15, -0.1) is 0 Å². The van der Waals surface area contributed by atoms with Crippen molar-refractivity contribution < 1.29 is 9.90 Å². The molecule has 1 amide bonds. The minimum absolute atomic E-state index is 0.0666. The zero-order valence-corrected chi connectivity index (χ0v) is 11.9. The summed E-state index contributed by atoms with van der Waals surface area (Å²) in [5, 5.41) is 15.4. The van der Waals surface area contributed by atoms with Crippen LogP contribution in [0.4, 0.5) is 0 Å². The van der Waals surface area contributed by atoms with E-state index in [1.54, 1.807) is 0 Å². The van der Waals surface area contributed by atoms with Crippen molar-refractivity contribution in [2.75, 3.05) is 13.2 Å². The molecule has 3 N–H and O–H groups in total. The molecule has 0 aromatic heterocycles. The highest BCUT2D eigenvalue weighted by Gasteiger charge is 2.27. The van der Waals surface area contributed by atoms with Crippen LogP contribution < -0.4 is 10.6 Å². The Balaban J connectivity index is 2.60. The SMILES string of the molecule is CCNC(C)(C)C(=O)NC(CO)Cc1ccccc1. The molecule has 106 valence electrons. The van der Waals surface area contributed by atoms with Crippen LogP contribution in [0.15, 0.2) is 30.3 Å². The second-order valence-corrected chi connectivity index (χ2v) is 5.20. The highest BCUT2D eigenvalue weighted by Crippen LogP contribution is 2.06. The van der Waals surface area contributed by atoms with Gasteiger partial charge in [0.2, 0.25) is 5.91 Å².